The molecule has 236 valence electrons. The number of benzene rings is 4. The molecule has 0 saturated heterocycles. The molecule has 46 heavy (non-hydrogen) atoms. The minimum Gasteiger partial charge on any atom is -0.493 e. The number of methoxy groups -OCH3 is 3. The fraction of sp³-hybridized carbons (Fsp3) is 0.0968. The van der Waals surface area contributed by atoms with Gasteiger partial charge >= 0.3 is 11.7 Å². The van der Waals surface area contributed by atoms with Crippen LogP contribution in [0.1, 0.15) is 36.6 Å². The molecule has 0 heterocycles. The van der Waals surface area contributed by atoms with Crippen molar-refractivity contribution >= 4 is 58.6 Å². The molecule has 0 unspecified atom stereocenters. The molecule has 0 saturated carbocycles. The first-order chi connectivity index (χ1) is 22.1. The summed E-state index contributed by atoms with van der Waals surface area (Å²) < 4.78 is 21.2. The van der Waals surface area contributed by atoms with E-state index in [1.807, 2.05) is 0 Å². The lowest BCUT2D eigenvalue weighted by molar-refractivity contribution is -0.385. The molecule has 4 rings (SSSR count). The van der Waals surface area contributed by atoms with Gasteiger partial charge in [0.2, 0.25) is 11.5 Å². The van der Waals surface area contributed by atoms with Gasteiger partial charge in [-0.2, -0.15) is 5.10 Å². The number of esters is 1. The Morgan fingerprint density at radius 3 is 2.09 bits per heavy atom. The predicted molar refractivity (Wildman–Crippen MR) is 170 cm³/mol. The summed E-state index contributed by atoms with van der Waals surface area (Å²) in [4.78, 5) is 49.3. The van der Waals surface area contributed by atoms with Crippen molar-refractivity contribution in [1.29, 1.82) is 0 Å². The second-order valence-electron chi connectivity index (χ2n) is 9.11. The fourth-order valence-electron chi connectivity index (χ4n) is 4.05. The van der Waals surface area contributed by atoms with E-state index in [0.717, 1.165) is 12.3 Å². The van der Waals surface area contributed by atoms with Gasteiger partial charge in [-0.25, -0.2) is 10.2 Å². The lowest BCUT2D eigenvalue weighted by Crippen LogP contribution is -2.18. The van der Waals surface area contributed by atoms with Gasteiger partial charge in [0.1, 0.15) is 0 Å². The Balaban J connectivity index is 1.46. The highest BCUT2D eigenvalue weighted by molar-refractivity contribution is 6.36. The molecule has 2 amide bonds. The van der Waals surface area contributed by atoms with Crippen LogP contribution in [0.25, 0.3) is 0 Å². The number of rotatable bonds is 11. The molecule has 0 radical (unpaired) electrons. The van der Waals surface area contributed by atoms with E-state index < -0.39 is 34.1 Å². The first-order valence-corrected chi connectivity index (χ1v) is 13.8. The molecule has 0 aromatic heterocycles. The fourth-order valence-corrected chi connectivity index (χ4v) is 4.53. The van der Waals surface area contributed by atoms with Crippen molar-refractivity contribution in [3.05, 3.63) is 115 Å². The van der Waals surface area contributed by atoms with Crippen molar-refractivity contribution in [2.24, 2.45) is 5.10 Å². The number of anilines is 1. The zero-order valence-corrected chi connectivity index (χ0v) is 25.8. The predicted octanol–water partition coefficient (Wildman–Crippen LogP) is 6.16. The van der Waals surface area contributed by atoms with Gasteiger partial charge in [0.05, 0.1) is 43.1 Å². The van der Waals surface area contributed by atoms with Gasteiger partial charge < -0.3 is 24.3 Å². The van der Waals surface area contributed by atoms with Crippen LogP contribution in [0.4, 0.5) is 11.4 Å². The number of carbonyl (C=O) groups is 3. The maximum Gasteiger partial charge on any atom is 0.345 e. The topological polar surface area (TPSA) is 168 Å². The van der Waals surface area contributed by atoms with Crippen molar-refractivity contribution in [1.82, 2.24) is 5.43 Å². The van der Waals surface area contributed by atoms with Gasteiger partial charge in [-0.15, -0.1) is 0 Å². The smallest absolute Gasteiger partial charge is 0.345 e. The summed E-state index contributed by atoms with van der Waals surface area (Å²) in [6.45, 7) is 0. The Morgan fingerprint density at radius 2 is 1.50 bits per heavy atom. The normalized spacial score (nSPS) is 10.6. The van der Waals surface area contributed by atoms with Gasteiger partial charge in [0, 0.05) is 33.5 Å². The van der Waals surface area contributed by atoms with E-state index in [-0.39, 0.29) is 32.3 Å². The Labute approximate surface area is 271 Å². The molecule has 13 nitrogen and oxygen atoms in total. The Hall–Kier alpha value is -5.66. The molecule has 4 aromatic carbocycles. The average Bonchev–Trinajstić information content (AvgIpc) is 3.04. The van der Waals surface area contributed by atoms with Crippen LogP contribution in [0.5, 0.6) is 23.0 Å². The highest BCUT2D eigenvalue weighted by Crippen LogP contribution is 2.38. The summed E-state index contributed by atoms with van der Waals surface area (Å²) in [6, 6.07) is 16.9. The first kappa shape index (κ1) is 33.2. The number of hydrogen-bond donors (Lipinski definition) is 2. The Bertz CT molecular complexity index is 1820. The summed E-state index contributed by atoms with van der Waals surface area (Å²) >= 11 is 12.0. The number of halogens is 2. The molecular formula is C31H24Cl2N4O9. The van der Waals surface area contributed by atoms with Crippen LogP contribution in [0.15, 0.2) is 77.9 Å². The van der Waals surface area contributed by atoms with E-state index in [9.17, 15) is 24.5 Å². The zero-order chi connectivity index (χ0) is 33.4. The monoisotopic (exact) mass is 666 g/mol. The zero-order valence-electron chi connectivity index (χ0n) is 24.3. The van der Waals surface area contributed by atoms with Gasteiger partial charge in [-0.05, 0) is 60.7 Å². The van der Waals surface area contributed by atoms with Crippen molar-refractivity contribution in [3.63, 3.8) is 0 Å². The second-order valence-corrected chi connectivity index (χ2v) is 9.95. The van der Waals surface area contributed by atoms with Gasteiger partial charge in [-0.3, -0.25) is 19.7 Å². The first-order valence-electron chi connectivity index (χ1n) is 13.1. The van der Waals surface area contributed by atoms with E-state index in [4.69, 9.17) is 42.1 Å². The van der Waals surface area contributed by atoms with E-state index in [0.29, 0.717) is 22.9 Å². The number of nitro benzene ring substituents is 1. The molecule has 0 fully saturated rings. The lowest BCUT2D eigenvalue weighted by Gasteiger charge is -2.14. The summed E-state index contributed by atoms with van der Waals surface area (Å²) in [5.41, 5.74) is 2.57. The molecule has 0 bridgehead atoms. The minimum atomic E-state index is -0.966. The van der Waals surface area contributed by atoms with Crippen LogP contribution in [0.2, 0.25) is 10.0 Å². The van der Waals surface area contributed by atoms with E-state index >= 15 is 0 Å². The number of nitro groups is 1. The molecule has 2 N–H and O–H groups in total. The Morgan fingerprint density at radius 1 is 0.826 bits per heavy atom. The highest BCUT2D eigenvalue weighted by atomic mass is 35.5. The number of ether oxygens (including phenoxy) is 4. The van der Waals surface area contributed by atoms with Crippen LogP contribution >= 0.6 is 23.2 Å². The molecule has 0 atom stereocenters. The summed E-state index contributed by atoms with van der Waals surface area (Å²) in [5, 5.41) is 18.5. The van der Waals surface area contributed by atoms with Crippen LogP contribution in [-0.4, -0.2) is 50.3 Å². The maximum atomic E-state index is 12.9. The molecule has 15 heteroatoms. The van der Waals surface area contributed by atoms with E-state index in [2.05, 4.69) is 15.8 Å². The summed E-state index contributed by atoms with van der Waals surface area (Å²) in [6.07, 6.45) is 1.09. The quantitative estimate of drug-likeness (QED) is 0.0626. The number of nitrogens with one attached hydrogen (secondary N) is 2. The third-order valence-electron chi connectivity index (χ3n) is 6.27. The van der Waals surface area contributed by atoms with Crippen LogP contribution in [-0.2, 0) is 0 Å². The van der Waals surface area contributed by atoms with Crippen molar-refractivity contribution < 1.29 is 38.3 Å². The van der Waals surface area contributed by atoms with Crippen LogP contribution in [0.3, 0.4) is 0 Å². The molecule has 0 aliphatic rings. The minimum absolute atomic E-state index is 0.00894. The van der Waals surface area contributed by atoms with Gasteiger partial charge in [0.15, 0.2) is 11.5 Å². The van der Waals surface area contributed by atoms with Gasteiger partial charge in [0.25, 0.3) is 11.8 Å². The lowest BCUT2D eigenvalue weighted by atomic mass is 10.1. The van der Waals surface area contributed by atoms with Crippen molar-refractivity contribution in [3.8, 4) is 23.0 Å². The second kappa shape index (κ2) is 14.9. The third-order valence-corrected chi connectivity index (χ3v) is 6.82. The third kappa shape index (κ3) is 7.70. The molecular weight excluding hydrogens is 643 g/mol. The molecule has 0 aliphatic carbocycles. The van der Waals surface area contributed by atoms with Crippen LogP contribution < -0.4 is 29.7 Å². The summed E-state index contributed by atoms with van der Waals surface area (Å²) in [7, 11) is 4.32. The SMILES string of the molecule is COc1cc(C(=O)Nc2ccc(C(=O)N/N=C/c3cccc([N+](=O)[O-])c3OC(=O)c3ccc(Cl)cc3Cl)cc2)cc(OC)c1OC. The number of para-hydroxylation sites is 1. The summed E-state index contributed by atoms with van der Waals surface area (Å²) in [5.74, 6) is -1.52. The van der Waals surface area contributed by atoms with Crippen molar-refractivity contribution in [2.75, 3.05) is 26.6 Å². The molecule has 0 spiro atoms. The number of nitrogens with zero attached hydrogens (tertiary/aromatic N) is 2. The number of amides is 2. The number of carbonyl (C=O) groups excluding carboxylic acids is 3. The van der Waals surface area contributed by atoms with E-state index in [1.165, 1.54) is 88.1 Å². The average molecular weight is 667 g/mol. The van der Waals surface area contributed by atoms with E-state index in [1.54, 1.807) is 0 Å². The Kier molecular flexibility index (Phi) is 10.8. The molecule has 4 aromatic rings. The highest BCUT2D eigenvalue weighted by Gasteiger charge is 2.23. The van der Waals surface area contributed by atoms with Crippen LogP contribution in [0, 0.1) is 10.1 Å². The van der Waals surface area contributed by atoms with Crippen molar-refractivity contribution in [2.45, 2.75) is 0 Å². The largest absolute Gasteiger partial charge is 0.493 e. The number of hydrazone groups is 1. The van der Waals surface area contributed by atoms with Gasteiger partial charge in [-0.1, -0.05) is 29.3 Å². The maximum absolute atomic E-state index is 12.9. The molecule has 0 aliphatic heterocycles. The standard InChI is InChI=1S/C31H24Cl2N4O9/c1-43-25-13-19(14-26(44-2)28(25)45-3)29(38)35-21-10-7-17(8-11-21)30(39)36-34-16-18-5-4-6-24(37(41)42)27(18)46-31(40)22-12-9-20(32)15-23(22)33/h4-16H,1-3H3,(H,35,38)(H,36,39)/b34-16+. The number of hydrogen-bond acceptors (Lipinski definition) is 10.